The summed E-state index contributed by atoms with van der Waals surface area (Å²) >= 11 is 0. The topological polar surface area (TPSA) is 38.4 Å². The van der Waals surface area contributed by atoms with Gasteiger partial charge in [0.1, 0.15) is 5.82 Å². The Morgan fingerprint density at radius 1 is 1.43 bits per heavy atom. The van der Waals surface area contributed by atoms with Crippen molar-refractivity contribution < 1.29 is 4.39 Å². The van der Waals surface area contributed by atoms with Crippen LogP contribution in [0.5, 0.6) is 0 Å². The van der Waals surface area contributed by atoms with Crippen LogP contribution in [0.2, 0.25) is 0 Å². The van der Waals surface area contributed by atoms with E-state index in [2.05, 4.69) is 4.99 Å². The molecule has 1 fully saturated rings. The summed E-state index contributed by atoms with van der Waals surface area (Å²) in [7, 11) is 0. The van der Waals surface area contributed by atoms with Crippen molar-refractivity contribution in [2.75, 3.05) is 0 Å². The van der Waals surface area contributed by atoms with Crippen molar-refractivity contribution in [2.45, 2.75) is 19.4 Å². The van der Waals surface area contributed by atoms with Crippen LogP contribution in [0.4, 0.5) is 4.39 Å². The Morgan fingerprint density at radius 2 is 2.14 bits per heavy atom. The first-order valence-corrected chi connectivity index (χ1v) is 4.80. The first-order chi connectivity index (χ1) is 6.77. The molecular formula is C11H13FN2. The van der Waals surface area contributed by atoms with Crippen molar-refractivity contribution in [2.24, 2.45) is 16.6 Å². The molecule has 2 N–H and O–H groups in total. The summed E-state index contributed by atoms with van der Waals surface area (Å²) in [6, 6.07) is 6.66. The Kier molecular flexibility index (Phi) is 2.48. The third-order valence-electron chi connectivity index (χ3n) is 2.39. The number of benzene rings is 1. The molecule has 0 bridgehead atoms. The zero-order valence-electron chi connectivity index (χ0n) is 7.91. The van der Waals surface area contributed by atoms with Gasteiger partial charge in [0, 0.05) is 11.5 Å². The average molecular weight is 192 g/mol. The highest BCUT2D eigenvalue weighted by Crippen LogP contribution is 2.28. The molecule has 0 amide bonds. The number of hydrogen-bond acceptors (Lipinski definition) is 1. The van der Waals surface area contributed by atoms with Crippen LogP contribution in [0, 0.1) is 11.7 Å². The lowest BCUT2D eigenvalue weighted by Gasteiger charge is -2.00. The fourth-order valence-corrected chi connectivity index (χ4v) is 1.31. The Labute approximate surface area is 82.7 Å². The highest BCUT2D eigenvalue weighted by atomic mass is 19.1. The molecule has 1 aromatic carbocycles. The van der Waals surface area contributed by atoms with Gasteiger partial charge in [0.05, 0.1) is 12.4 Å². The molecular weight excluding hydrogens is 179 g/mol. The van der Waals surface area contributed by atoms with E-state index in [0.29, 0.717) is 23.9 Å². The fraction of sp³-hybridized carbons (Fsp3) is 0.364. The molecule has 74 valence electrons. The smallest absolute Gasteiger partial charge is 0.128 e. The number of amidine groups is 1. The van der Waals surface area contributed by atoms with Gasteiger partial charge in [-0.2, -0.15) is 0 Å². The zero-order valence-corrected chi connectivity index (χ0v) is 7.91. The molecule has 0 aliphatic heterocycles. The molecule has 0 spiro atoms. The molecule has 0 radical (unpaired) electrons. The predicted molar refractivity (Wildman–Crippen MR) is 54.5 cm³/mol. The standard InChI is InChI=1S/C11H13FN2/c12-10-4-2-1-3-9(10)7-14-11(13)8-5-6-8/h1-4,8H,5-7H2,(H2,13,14). The van der Waals surface area contributed by atoms with Crippen LogP contribution < -0.4 is 5.73 Å². The highest BCUT2D eigenvalue weighted by Gasteiger charge is 2.25. The number of halogens is 1. The molecule has 0 saturated heterocycles. The number of nitrogens with zero attached hydrogens (tertiary/aromatic N) is 1. The van der Waals surface area contributed by atoms with E-state index in [1.54, 1.807) is 18.2 Å². The molecule has 14 heavy (non-hydrogen) atoms. The first kappa shape index (κ1) is 9.19. The number of hydrogen-bond donors (Lipinski definition) is 1. The third-order valence-corrected chi connectivity index (χ3v) is 2.39. The minimum absolute atomic E-state index is 0.208. The van der Waals surface area contributed by atoms with Gasteiger partial charge in [0.2, 0.25) is 0 Å². The van der Waals surface area contributed by atoms with Crippen LogP contribution in [0.1, 0.15) is 18.4 Å². The molecule has 1 aliphatic carbocycles. The van der Waals surface area contributed by atoms with E-state index in [1.165, 1.54) is 6.07 Å². The van der Waals surface area contributed by atoms with Crippen molar-refractivity contribution in [1.82, 2.24) is 0 Å². The van der Waals surface area contributed by atoms with Crippen LogP contribution in [0.15, 0.2) is 29.3 Å². The summed E-state index contributed by atoms with van der Waals surface area (Å²) in [5.74, 6) is 0.926. The summed E-state index contributed by atoms with van der Waals surface area (Å²) in [4.78, 5) is 4.17. The van der Waals surface area contributed by atoms with E-state index in [9.17, 15) is 4.39 Å². The first-order valence-electron chi connectivity index (χ1n) is 4.80. The molecule has 0 aromatic heterocycles. The van der Waals surface area contributed by atoms with Crippen molar-refractivity contribution >= 4 is 5.84 Å². The van der Waals surface area contributed by atoms with Crippen molar-refractivity contribution in [1.29, 1.82) is 0 Å². The summed E-state index contributed by atoms with van der Waals surface area (Å²) in [5.41, 5.74) is 6.31. The summed E-state index contributed by atoms with van der Waals surface area (Å²) in [6.45, 7) is 0.356. The molecule has 1 aliphatic rings. The molecule has 0 atom stereocenters. The lowest BCUT2D eigenvalue weighted by Crippen LogP contribution is -2.14. The second-order valence-electron chi connectivity index (χ2n) is 3.61. The van der Waals surface area contributed by atoms with Crippen LogP contribution in [-0.2, 0) is 6.54 Å². The third kappa shape index (κ3) is 2.10. The van der Waals surface area contributed by atoms with Crippen molar-refractivity contribution in [3.8, 4) is 0 Å². The molecule has 2 nitrogen and oxygen atoms in total. The largest absolute Gasteiger partial charge is 0.387 e. The maximum Gasteiger partial charge on any atom is 0.128 e. The Morgan fingerprint density at radius 3 is 2.79 bits per heavy atom. The van der Waals surface area contributed by atoms with Gasteiger partial charge in [0.25, 0.3) is 0 Å². The Bertz CT molecular complexity index is 356. The lowest BCUT2D eigenvalue weighted by atomic mass is 10.2. The number of rotatable bonds is 3. The van der Waals surface area contributed by atoms with Gasteiger partial charge in [-0.05, 0) is 18.9 Å². The van der Waals surface area contributed by atoms with Crippen LogP contribution >= 0.6 is 0 Å². The maximum absolute atomic E-state index is 13.1. The van der Waals surface area contributed by atoms with E-state index in [-0.39, 0.29) is 5.82 Å². The van der Waals surface area contributed by atoms with Gasteiger partial charge in [-0.1, -0.05) is 18.2 Å². The molecule has 0 heterocycles. The van der Waals surface area contributed by atoms with Crippen LogP contribution in [0.3, 0.4) is 0 Å². The normalized spacial score (nSPS) is 17.1. The van der Waals surface area contributed by atoms with Gasteiger partial charge in [-0.25, -0.2) is 4.39 Å². The maximum atomic E-state index is 13.1. The van der Waals surface area contributed by atoms with E-state index in [4.69, 9.17) is 5.73 Å². The second-order valence-corrected chi connectivity index (χ2v) is 3.61. The number of nitrogens with two attached hydrogens (primary N) is 1. The lowest BCUT2D eigenvalue weighted by molar-refractivity contribution is 0.610. The van der Waals surface area contributed by atoms with E-state index >= 15 is 0 Å². The van der Waals surface area contributed by atoms with E-state index in [1.807, 2.05) is 0 Å². The monoisotopic (exact) mass is 192 g/mol. The molecule has 1 aromatic rings. The quantitative estimate of drug-likeness (QED) is 0.578. The predicted octanol–water partition coefficient (Wildman–Crippen LogP) is 2.09. The van der Waals surface area contributed by atoms with Gasteiger partial charge in [0.15, 0.2) is 0 Å². The molecule has 0 unspecified atom stereocenters. The molecule has 3 heteroatoms. The molecule has 2 rings (SSSR count). The summed E-state index contributed by atoms with van der Waals surface area (Å²) in [5, 5.41) is 0. The minimum Gasteiger partial charge on any atom is -0.387 e. The Hall–Kier alpha value is -1.38. The zero-order chi connectivity index (χ0) is 9.97. The summed E-state index contributed by atoms with van der Waals surface area (Å²) in [6.07, 6.45) is 2.26. The average Bonchev–Trinajstić information content (AvgIpc) is 2.99. The SMILES string of the molecule is NC(=NCc1ccccc1F)C1CC1. The van der Waals surface area contributed by atoms with Crippen LogP contribution in [-0.4, -0.2) is 5.84 Å². The van der Waals surface area contributed by atoms with Gasteiger partial charge >= 0.3 is 0 Å². The van der Waals surface area contributed by atoms with Gasteiger partial charge < -0.3 is 5.73 Å². The highest BCUT2D eigenvalue weighted by molar-refractivity contribution is 5.84. The molecule has 1 saturated carbocycles. The Balaban J connectivity index is 2.03. The van der Waals surface area contributed by atoms with Gasteiger partial charge in [-0.3, -0.25) is 4.99 Å². The second kappa shape index (κ2) is 3.78. The van der Waals surface area contributed by atoms with E-state index in [0.717, 1.165) is 12.8 Å². The minimum atomic E-state index is -0.208. The van der Waals surface area contributed by atoms with Crippen molar-refractivity contribution in [3.63, 3.8) is 0 Å². The van der Waals surface area contributed by atoms with E-state index < -0.39 is 0 Å². The van der Waals surface area contributed by atoms with Crippen molar-refractivity contribution in [3.05, 3.63) is 35.6 Å². The summed E-state index contributed by atoms with van der Waals surface area (Å²) < 4.78 is 13.1. The number of aliphatic imine (C=N–C) groups is 1. The van der Waals surface area contributed by atoms with Crippen LogP contribution in [0.25, 0.3) is 0 Å². The van der Waals surface area contributed by atoms with Gasteiger partial charge in [-0.15, -0.1) is 0 Å². The fourth-order valence-electron chi connectivity index (χ4n) is 1.31.